The molecule has 1 unspecified atom stereocenters. The van der Waals surface area contributed by atoms with Crippen LogP contribution < -0.4 is 10.6 Å². The van der Waals surface area contributed by atoms with Gasteiger partial charge in [0.2, 0.25) is 17.7 Å². The van der Waals surface area contributed by atoms with Crippen LogP contribution in [0, 0.1) is 5.41 Å². The van der Waals surface area contributed by atoms with Gasteiger partial charge in [0, 0.05) is 19.9 Å². The molecule has 7 nitrogen and oxygen atoms in total. The van der Waals surface area contributed by atoms with Gasteiger partial charge in [0.1, 0.15) is 12.1 Å². The number of nitrogens with zero attached hydrogens (tertiary/aromatic N) is 1. The van der Waals surface area contributed by atoms with Crippen LogP contribution in [0.1, 0.15) is 78.0 Å². The highest BCUT2D eigenvalue weighted by atomic mass is 16.3. The lowest BCUT2D eigenvalue weighted by Gasteiger charge is -2.35. The Morgan fingerprint density at radius 3 is 2.06 bits per heavy atom. The molecule has 172 valence electrons. The summed E-state index contributed by atoms with van der Waals surface area (Å²) in [5.74, 6) is -0.542. The van der Waals surface area contributed by atoms with Crippen LogP contribution in [0.25, 0.3) is 0 Å². The smallest absolute Gasteiger partial charge is 0.246 e. The van der Waals surface area contributed by atoms with Gasteiger partial charge in [-0.25, -0.2) is 0 Å². The Morgan fingerprint density at radius 2 is 1.58 bits per heavy atom. The number of rotatable bonds is 6. The molecule has 1 aromatic carbocycles. The van der Waals surface area contributed by atoms with E-state index in [1.54, 1.807) is 0 Å². The third-order valence-corrected chi connectivity index (χ3v) is 5.79. The van der Waals surface area contributed by atoms with Crippen LogP contribution in [0.5, 0.6) is 0 Å². The van der Waals surface area contributed by atoms with Gasteiger partial charge in [-0.2, -0.15) is 0 Å². The highest BCUT2D eigenvalue weighted by Crippen LogP contribution is 2.27. The molecule has 2 rings (SSSR count). The van der Waals surface area contributed by atoms with E-state index >= 15 is 0 Å². The molecule has 1 aliphatic heterocycles. The van der Waals surface area contributed by atoms with Crippen LogP contribution in [0.15, 0.2) is 24.3 Å². The molecular weight excluding hydrogens is 394 g/mol. The summed E-state index contributed by atoms with van der Waals surface area (Å²) in [4.78, 5) is 39.4. The maximum atomic E-state index is 13.3. The lowest BCUT2D eigenvalue weighted by molar-refractivity contribution is -0.144. The number of carbonyl (C=O) groups excluding carboxylic acids is 3. The largest absolute Gasteiger partial charge is 0.391 e. The average molecular weight is 432 g/mol. The molecule has 0 bridgehead atoms. The van der Waals surface area contributed by atoms with E-state index in [1.165, 1.54) is 17.4 Å². The Kier molecular flexibility index (Phi) is 7.87. The van der Waals surface area contributed by atoms with Crippen molar-refractivity contribution in [3.8, 4) is 0 Å². The zero-order valence-corrected chi connectivity index (χ0v) is 19.7. The second kappa shape index (κ2) is 9.81. The topological polar surface area (TPSA) is 98.7 Å². The highest BCUT2D eigenvalue weighted by molar-refractivity contribution is 5.93. The maximum absolute atomic E-state index is 13.3. The van der Waals surface area contributed by atoms with Gasteiger partial charge < -0.3 is 20.6 Å². The molecule has 1 aromatic rings. The number of aliphatic hydroxyl groups excluding tert-OH is 1. The Morgan fingerprint density at radius 1 is 1.03 bits per heavy atom. The molecule has 3 amide bonds. The first-order chi connectivity index (χ1) is 14.3. The lowest BCUT2D eigenvalue weighted by Crippen LogP contribution is -2.57. The fraction of sp³-hybridized carbons (Fsp3) is 0.625. The Balaban J connectivity index is 2.16. The number of likely N-dealkylation sites (tertiary alicyclic amines) is 1. The van der Waals surface area contributed by atoms with Crippen molar-refractivity contribution in [2.45, 2.75) is 85.0 Å². The van der Waals surface area contributed by atoms with E-state index in [0.717, 1.165) is 5.56 Å². The van der Waals surface area contributed by atoms with Gasteiger partial charge in [0.25, 0.3) is 0 Å². The molecule has 0 spiro atoms. The number of aliphatic hydroxyl groups is 1. The fourth-order valence-corrected chi connectivity index (χ4v) is 3.89. The first-order valence-corrected chi connectivity index (χ1v) is 11.0. The summed E-state index contributed by atoms with van der Waals surface area (Å²) in [6, 6.07) is 6.30. The summed E-state index contributed by atoms with van der Waals surface area (Å²) in [5, 5.41) is 15.9. The van der Waals surface area contributed by atoms with Crippen molar-refractivity contribution in [3.05, 3.63) is 35.4 Å². The molecule has 4 atom stereocenters. The van der Waals surface area contributed by atoms with E-state index in [2.05, 4.69) is 36.6 Å². The molecule has 0 aromatic heterocycles. The zero-order chi connectivity index (χ0) is 23.5. The molecule has 3 N–H and O–H groups in total. The van der Waals surface area contributed by atoms with Crippen molar-refractivity contribution in [1.29, 1.82) is 0 Å². The minimum Gasteiger partial charge on any atom is -0.391 e. The second-order valence-corrected chi connectivity index (χ2v) is 9.95. The Labute approximate surface area is 185 Å². The van der Waals surface area contributed by atoms with Crippen molar-refractivity contribution in [2.75, 3.05) is 6.54 Å². The number of amides is 3. The number of nitrogens with one attached hydrogen (secondary N) is 2. The molecular formula is C24H37N3O4. The van der Waals surface area contributed by atoms with Crippen LogP contribution in [0.4, 0.5) is 0 Å². The summed E-state index contributed by atoms with van der Waals surface area (Å²) >= 11 is 0. The van der Waals surface area contributed by atoms with Gasteiger partial charge in [-0.3, -0.25) is 14.4 Å². The molecule has 1 aliphatic rings. The van der Waals surface area contributed by atoms with Crippen LogP contribution in [-0.2, 0) is 14.4 Å². The number of hydrogen-bond acceptors (Lipinski definition) is 4. The molecule has 0 saturated carbocycles. The predicted molar refractivity (Wildman–Crippen MR) is 120 cm³/mol. The number of carbonyl (C=O) groups is 3. The summed E-state index contributed by atoms with van der Waals surface area (Å²) in [5.41, 5.74) is 1.66. The molecule has 1 heterocycles. The van der Waals surface area contributed by atoms with Crippen molar-refractivity contribution >= 4 is 17.7 Å². The van der Waals surface area contributed by atoms with Crippen LogP contribution in [-0.4, -0.2) is 52.5 Å². The minimum absolute atomic E-state index is 0.0700. The van der Waals surface area contributed by atoms with E-state index in [9.17, 15) is 19.5 Å². The molecule has 0 radical (unpaired) electrons. The molecule has 1 fully saturated rings. The van der Waals surface area contributed by atoms with Gasteiger partial charge in [-0.15, -0.1) is 0 Å². The zero-order valence-electron chi connectivity index (χ0n) is 19.7. The number of benzene rings is 1. The molecule has 0 aliphatic carbocycles. The SMILES string of the molecule is CC(=O)NC(C(=O)N1C[C@H](O)C[C@H]1C(=O)N[C@@H](C)c1ccc(C(C)C)cc1)C(C)(C)C. The van der Waals surface area contributed by atoms with Gasteiger partial charge in [-0.05, 0) is 29.4 Å². The van der Waals surface area contributed by atoms with E-state index in [1.807, 2.05) is 39.8 Å². The van der Waals surface area contributed by atoms with E-state index in [4.69, 9.17) is 0 Å². The van der Waals surface area contributed by atoms with Gasteiger partial charge in [0.15, 0.2) is 0 Å². The minimum atomic E-state index is -0.786. The lowest BCUT2D eigenvalue weighted by atomic mass is 9.85. The van der Waals surface area contributed by atoms with Crippen LogP contribution in [0.3, 0.4) is 0 Å². The second-order valence-electron chi connectivity index (χ2n) is 9.95. The highest BCUT2D eigenvalue weighted by Gasteiger charge is 2.44. The fourth-order valence-electron chi connectivity index (χ4n) is 3.89. The summed E-state index contributed by atoms with van der Waals surface area (Å²) in [6.45, 7) is 13.2. The first-order valence-electron chi connectivity index (χ1n) is 11.0. The summed E-state index contributed by atoms with van der Waals surface area (Å²) in [6.07, 6.45) is -0.605. The summed E-state index contributed by atoms with van der Waals surface area (Å²) < 4.78 is 0. The number of β-amino-alcohol motifs (C(OH)–C–C–N with tert-alkyl or cyclic N) is 1. The van der Waals surface area contributed by atoms with Crippen molar-refractivity contribution < 1.29 is 19.5 Å². The standard InChI is InChI=1S/C24H37N3O4/c1-14(2)17-8-10-18(11-9-17)15(3)25-22(30)20-12-19(29)13-27(20)23(31)21(24(5,6)7)26-16(4)28/h8-11,14-15,19-21,29H,12-13H2,1-7H3,(H,25,30)(H,26,28)/t15-,19+,20-,21?/m0/s1. The molecule has 31 heavy (non-hydrogen) atoms. The third kappa shape index (κ3) is 6.29. The van der Waals surface area contributed by atoms with Crippen molar-refractivity contribution in [2.24, 2.45) is 5.41 Å². The van der Waals surface area contributed by atoms with Crippen molar-refractivity contribution in [3.63, 3.8) is 0 Å². The maximum Gasteiger partial charge on any atom is 0.246 e. The van der Waals surface area contributed by atoms with Crippen molar-refractivity contribution in [1.82, 2.24) is 15.5 Å². The number of hydrogen-bond donors (Lipinski definition) is 3. The van der Waals surface area contributed by atoms with Crippen LogP contribution in [0.2, 0.25) is 0 Å². The Hall–Kier alpha value is -2.41. The normalized spacial score (nSPS) is 21.0. The summed E-state index contributed by atoms with van der Waals surface area (Å²) in [7, 11) is 0. The monoisotopic (exact) mass is 431 g/mol. The van der Waals surface area contributed by atoms with E-state index in [0.29, 0.717) is 5.92 Å². The average Bonchev–Trinajstić information content (AvgIpc) is 3.06. The Bertz CT molecular complexity index is 798. The predicted octanol–water partition coefficient (Wildman–Crippen LogP) is 2.50. The third-order valence-electron chi connectivity index (χ3n) is 5.79. The van der Waals surface area contributed by atoms with E-state index in [-0.39, 0.29) is 36.7 Å². The van der Waals surface area contributed by atoms with Gasteiger partial charge >= 0.3 is 0 Å². The first kappa shape index (κ1) is 24.9. The van der Waals surface area contributed by atoms with Gasteiger partial charge in [-0.1, -0.05) is 58.9 Å². The van der Waals surface area contributed by atoms with E-state index < -0.39 is 23.6 Å². The van der Waals surface area contributed by atoms with Crippen LogP contribution >= 0.6 is 0 Å². The molecule has 7 heteroatoms. The molecule has 1 saturated heterocycles. The quantitative estimate of drug-likeness (QED) is 0.644. The van der Waals surface area contributed by atoms with Gasteiger partial charge in [0.05, 0.1) is 12.1 Å².